The number of imidazole rings is 1. The lowest BCUT2D eigenvalue weighted by Crippen LogP contribution is -2.45. The lowest BCUT2D eigenvalue weighted by molar-refractivity contribution is 0.128. The number of likely N-dealkylation sites (tertiary alicyclic amines) is 1. The predicted molar refractivity (Wildman–Crippen MR) is 113 cm³/mol. The monoisotopic (exact) mass is 459 g/mol. The van der Waals surface area contributed by atoms with Crippen molar-refractivity contribution in [3.63, 3.8) is 0 Å². The molecule has 0 atom stereocenters. The molecule has 0 unspecified atom stereocenters. The van der Waals surface area contributed by atoms with Crippen molar-refractivity contribution < 1.29 is 14.6 Å². The number of amides is 1. The summed E-state index contributed by atoms with van der Waals surface area (Å²) in [6, 6.07) is 10.1. The van der Waals surface area contributed by atoms with Crippen molar-refractivity contribution in [2.45, 2.75) is 18.9 Å². The first-order valence-electron chi connectivity index (χ1n) is 9.54. The highest BCUT2D eigenvalue weighted by Crippen LogP contribution is 2.23. The summed E-state index contributed by atoms with van der Waals surface area (Å²) >= 11 is 3.41. The van der Waals surface area contributed by atoms with Gasteiger partial charge >= 0.3 is 6.09 Å². The molecule has 152 valence electrons. The summed E-state index contributed by atoms with van der Waals surface area (Å²) in [6.45, 7) is 2.46. The number of nitrogens with zero attached hydrogens (tertiary/aromatic N) is 3. The molecule has 1 aliphatic heterocycles. The van der Waals surface area contributed by atoms with E-state index in [-0.39, 0.29) is 0 Å². The highest BCUT2D eigenvalue weighted by atomic mass is 79.9. The Morgan fingerprint density at radius 3 is 2.79 bits per heavy atom. The second kappa shape index (κ2) is 8.79. The molecule has 0 radical (unpaired) electrons. The summed E-state index contributed by atoms with van der Waals surface area (Å²) in [5.74, 6) is 1.57. The molecule has 4 rings (SSSR count). The highest BCUT2D eigenvalue weighted by Gasteiger charge is 2.21. The molecule has 1 fully saturated rings. The second-order valence-corrected chi connectivity index (χ2v) is 7.90. The van der Waals surface area contributed by atoms with Gasteiger partial charge in [-0.1, -0.05) is 0 Å². The Morgan fingerprint density at radius 1 is 1.31 bits per heavy atom. The van der Waals surface area contributed by atoms with E-state index in [2.05, 4.69) is 36.2 Å². The van der Waals surface area contributed by atoms with Gasteiger partial charge in [-0.05, 0) is 59.1 Å². The first-order chi connectivity index (χ1) is 14.1. The van der Waals surface area contributed by atoms with Gasteiger partial charge in [-0.25, -0.2) is 14.8 Å². The Balaban J connectivity index is 1.25. The van der Waals surface area contributed by atoms with E-state index >= 15 is 0 Å². The van der Waals surface area contributed by atoms with E-state index in [4.69, 9.17) is 9.84 Å². The largest absolute Gasteiger partial charge is 0.492 e. The zero-order valence-electron chi connectivity index (χ0n) is 15.8. The molecule has 0 spiro atoms. The number of aromatic amines is 1. The van der Waals surface area contributed by atoms with Gasteiger partial charge in [0.05, 0.1) is 5.52 Å². The number of carbonyl (C=O) groups is 1. The molecule has 1 aromatic carbocycles. The van der Waals surface area contributed by atoms with Crippen molar-refractivity contribution in [1.29, 1.82) is 0 Å². The Morgan fingerprint density at radius 2 is 2.07 bits per heavy atom. The van der Waals surface area contributed by atoms with Gasteiger partial charge in [-0.3, -0.25) is 0 Å². The molecule has 0 saturated carbocycles. The third-order valence-electron chi connectivity index (χ3n) is 5.00. The van der Waals surface area contributed by atoms with Crippen LogP contribution in [0.5, 0.6) is 5.75 Å². The Kier molecular flexibility index (Phi) is 5.96. The summed E-state index contributed by atoms with van der Waals surface area (Å²) in [6.07, 6.45) is 2.57. The van der Waals surface area contributed by atoms with Gasteiger partial charge in [0.1, 0.15) is 18.2 Å². The van der Waals surface area contributed by atoms with Gasteiger partial charge in [0.2, 0.25) is 0 Å². The average molecular weight is 460 g/mol. The third kappa shape index (κ3) is 4.86. The molecule has 0 aliphatic carbocycles. The Hall–Kier alpha value is -2.65. The molecule has 1 amide bonds. The smallest absolute Gasteiger partial charge is 0.407 e. The van der Waals surface area contributed by atoms with E-state index in [0.717, 1.165) is 46.5 Å². The highest BCUT2D eigenvalue weighted by molar-refractivity contribution is 9.10. The van der Waals surface area contributed by atoms with Crippen LogP contribution < -0.4 is 10.1 Å². The maximum absolute atomic E-state index is 10.9. The van der Waals surface area contributed by atoms with E-state index in [9.17, 15) is 4.79 Å². The van der Waals surface area contributed by atoms with Gasteiger partial charge in [0, 0.05) is 41.9 Å². The van der Waals surface area contributed by atoms with E-state index < -0.39 is 6.09 Å². The lowest BCUT2D eigenvalue weighted by atomic mass is 10.1. The topological polar surface area (TPSA) is 103 Å². The number of pyridine rings is 1. The van der Waals surface area contributed by atoms with Crippen LogP contribution in [0.3, 0.4) is 0 Å². The van der Waals surface area contributed by atoms with Crippen LogP contribution in [0.15, 0.2) is 41.0 Å². The summed E-state index contributed by atoms with van der Waals surface area (Å²) < 4.78 is 6.71. The molecular formula is C20H22BrN5O3. The molecule has 3 N–H and O–H groups in total. The Labute approximate surface area is 176 Å². The predicted octanol–water partition coefficient (Wildman–Crippen LogP) is 3.50. The fraction of sp³-hybridized carbons (Fsp3) is 0.350. The molecule has 29 heavy (non-hydrogen) atoms. The summed E-state index contributed by atoms with van der Waals surface area (Å²) in [5, 5.41) is 12.4. The minimum absolute atomic E-state index is 0.346. The number of rotatable bonds is 6. The molecule has 1 aliphatic rings. The maximum atomic E-state index is 10.9. The average Bonchev–Trinajstić information content (AvgIpc) is 3.15. The number of piperidine rings is 1. The van der Waals surface area contributed by atoms with E-state index in [1.165, 1.54) is 4.90 Å². The van der Waals surface area contributed by atoms with E-state index in [1.54, 1.807) is 6.20 Å². The number of halogens is 1. The van der Waals surface area contributed by atoms with Crippen LogP contribution in [0.4, 0.5) is 4.79 Å². The quantitative estimate of drug-likeness (QED) is 0.487. The molecule has 0 bridgehead atoms. The zero-order valence-corrected chi connectivity index (χ0v) is 17.4. The number of hydrogen-bond donors (Lipinski definition) is 3. The third-order valence-corrected chi connectivity index (χ3v) is 5.43. The lowest BCUT2D eigenvalue weighted by Gasteiger charge is -2.30. The summed E-state index contributed by atoms with van der Waals surface area (Å²) in [4.78, 5) is 24.5. The molecule has 1 saturated heterocycles. The van der Waals surface area contributed by atoms with Crippen LogP contribution in [0, 0.1) is 0 Å². The fourth-order valence-corrected chi connectivity index (χ4v) is 3.76. The van der Waals surface area contributed by atoms with Crippen molar-refractivity contribution >= 4 is 33.2 Å². The number of aromatic nitrogens is 3. The zero-order chi connectivity index (χ0) is 20.2. The molecule has 8 nitrogen and oxygen atoms in total. The number of H-pyrrole nitrogens is 1. The van der Waals surface area contributed by atoms with Crippen LogP contribution in [0.1, 0.15) is 12.8 Å². The molecule has 2 aromatic heterocycles. The van der Waals surface area contributed by atoms with E-state index in [1.807, 2.05) is 30.3 Å². The van der Waals surface area contributed by atoms with Gasteiger partial charge in [0.15, 0.2) is 5.65 Å². The molecule has 9 heteroatoms. The first kappa shape index (κ1) is 19.7. The maximum Gasteiger partial charge on any atom is 0.407 e. The van der Waals surface area contributed by atoms with Crippen molar-refractivity contribution in [3.8, 4) is 17.1 Å². The summed E-state index contributed by atoms with van der Waals surface area (Å²) in [5.41, 5.74) is 2.54. The normalized spacial score (nSPS) is 15.0. The number of hydrogen-bond acceptors (Lipinski definition) is 5. The van der Waals surface area contributed by atoms with Crippen LogP contribution >= 0.6 is 15.9 Å². The van der Waals surface area contributed by atoms with Crippen LogP contribution in [-0.4, -0.2) is 63.3 Å². The molecule has 3 heterocycles. The van der Waals surface area contributed by atoms with Gasteiger partial charge in [-0.2, -0.15) is 0 Å². The van der Waals surface area contributed by atoms with Crippen LogP contribution in [-0.2, 0) is 0 Å². The first-order valence-corrected chi connectivity index (χ1v) is 10.3. The number of carboxylic acid groups (broad SMARTS) is 1. The summed E-state index contributed by atoms with van der Waals surface area (Å²) in [7, 11) is 0. The van der Waals surface area contributed by atoms with Crippen molar-refractivity contribution in [1.82, 2.24) is 25.2 Å². The number of ether oxygens (including phenoxy) is 1. The minimum atomic E-state index is -0.831. The number of nitrogens with one attached hydrogen (secondary N) is 2. The second-order valence-electron chi connectivity index (χ2n) is 6.98. The molecule has 3 aromatic rings. The van der Waals surface area contributed by atoms with Gasteiger partial charge in [0.25, 0.3) is 0 Å². The van der Waals surface area contributed by atoms with Gasteiger partial charge in [-0.15, -0.1) is 0 Å². The van der Waals surface area contributed by atoms with Gasteiger partial charge < -0.3 is 25.0 Å². The van der Waals surface area contributed by atoms with Crippen LogP contribution in [0.25, 0.3) is 22.6 Å². The standard InChI is InChI=1S/C20H22BrN5O3/c21-14-11-17-19(23-12-14)25-18(24-17)13-1-3-16(4-2-13)29-10-7-22-15-5-8-26(9-6-15)20(27)28/h1-4,11-12,15,22H,5-10H2,(H,27,28)(H,23,24,25). The van der Waals surface area contributed by atoms with Crippen molar-refractivity contribution in [2.24, 2.45) is 0 Å². The number of benzene rings is 1. The minimum Gasteiger partial charge on any atom is -0.492 e. The van der Waals surface area contributed by atoms with Crippen molar-refractivity contribution in [2.75, 3.05) is 26.2 Å². The van der Waals surface area contributed by atoms with Crippen LogP contribution in [0.2, 0.25) is 0 Å². The van der Waals surface area contributed by atoms with Crippen molar-refractivity contribution in [3.05, 3.63) is 41.0 Å². The number of fused-ring (bicyclic) bond motifs is 1. The van der Waals surface area contributed by atoms with E-state index in [0.29, 0.717) is 31.4 Å². The molecular weight excluding hydrogens is 438 g/mol. The SMILES string of the molecule is O=C(O)N1CCC(NCCOc2ccc(-c3nc4ncc(Br)cc4[nH]3)cc2)CC1. The Bertz CT molecular complexity index is 983. The fourth-order valence-electron chi connectivity index (χ4n) is 3.43.